The van der Waals surface area contributed by atoms with Crippen LogP contribution in [0.3, 0.4) is 0 Å². The lowest BCUT2D eigenvalue weighted by molar-refractivity contribution is 0.104. The second kappa shape index (κ2) is 9.65. The highest BCUT2D eigenvalue weighted by Crippen LogP contribution is 2.50. The maximum atomic E-state index is 11.6. The van der Waals surface area contributed by atoms with E-state index in [2.05, 4.69) is 90.2 Å². The first-order chi connectivity index (χ1) is 15.6. The van der Waals surface area contributed by atoms with Gasteiger partial charge in [-0.05, 0) is 82.6 Å². The van der Waals surface area contributed by atoms with Crippen LogP contribution in [0.2, 0.25) is 18.1 Å². The first kappa shape index (κ1) is 27.3. The van der Waals surface area contributed by atoms with Gasteiger partial charge in [-0.1, -0.05) is 60.6 Å². The average Bonchev–Trinajstić information content (AvgIpc) is 2.70. The molecule has 0 radical (unpaired) electrons. The van der Waals surface area contributed by atoms with Crippen LogP contribution in [0.1, 0.15) is 107 Å². The highest BCUT2D eigenvalue weighted by Gasteiger charge is 2.44. The van der Waals surface area contributed by atoms with Crippen LogP contribution in [0.15, 0.2) is 24.3 Å². The smallest absolute Gasteiger partial charge is 0.192 e. The zero-order valence-corrected chi connectivity index (χ0v) is 25.2. The zero-order chi connectivity index (χ0) is 25.6. The summed E-state index contributed by atoms with van der Waals surface area (Å²) in [5, 5.41) is 20.8. The summed E-state index contributed by atoms with van der Waals surface area (Å²) in [6.45, 7) is 20.3. The van der Waals surface area contributed by atoms with Crippen molar-refractivity contribution in [3.8, 4) is 6.07 Å². The van der Waals surface area contributed by atoms with E-state index < -0.39 is 14.4 Å². The molecule has 0 saturated heterocycles. The lowest BCUT2D eigenvalue weighted by Gasteiger charge is -2.44. The number of halogens is 1. The summed E-state index contributed by atoms with van der Waals surface area (Å²) in [6.07, 6.45) is 1.01. The molecule has 1 aromatic heterocycles. The van der Waals surface area contributed by atoms with Crippen LogP contribution >= 0.6 is 22.6 Å². The SMILES string of the molecule is CC(C)c1nc2c(c(I)c1C(O)c1ccc(C#N)cc1)[C@H](O[Si](C)(C)C(C)(C)C)CC(C)(C)C2. The molecule has 2 atom stereocenters. The van der Waals surface area contributed by atoms with E-state index in [1.54, 1.807) is 12.1 Å². The fraction of sp³-hybridized carbons (Fsp3) is 0.571. The third kappa shape index (κ3) is 5.43. The highest BCUT2D eigenvalue weighted by atomic mass is 127. The van der Waals surface area contributed by atoms with Crippen molar-refractivity contribution in [3.05, 3.63) is 61.5 Å². The molecule has 0 aliphatic heterocycles. The summed E-state index contributed by atoms with van der Waals surface area (Å²) >= 11 is 2.42. The monoisotopic (exact) mass is 590 g/mol. The van der Waals surface area contributed by atoms with Crippen LogP contribution in [0.25, 0.3) is 0 Å². The predicted octanol–water partition coefficient (Wildman–Crippen LogP) is 7.80. The number of aromatic nitrogens is 1. The molecular weight excluding hydrogens is 551 g/mol. The molecule has 0 spiro atoms. The fourth-order valence-corrected chi connectivity index (χ4v) is 6.98. The molecule has 0 saturated carbocycles. The van der Waals surface area contributed by atoms with Crippen LogP contribution in [0.4, 0.5) is 0 Å². The van der Waals surface area contributed by atoms with Crippen LogP contribution < -0.4 is 0 Å². The Bertz CT molecular complexity index is 1100. The third-order valence-corrected chi connectivity index (χ3v) is 13.1. The number of hydrogen-bond acceptors (Lipinski definition) is 4. The minimum atomic E-state index is -2.02. The number of pyridine rings is 1. The van der Waals surface area contributed by atoms with Crippen molar-refractivity contribution in [1.29, 1.82) is 5.26 Å². The lowest BCUT2D eigenvalue weighted by atomic mass is 9.74. The summed E-state index contributed by atoms with van der Waals surface area (Å²) in [4.78, 5) is 5.21. The van der Waals surface area contributed by atoms with Gasteiger partial charge in [0.2, 0.25) is 0 Å². The Morgan fingerprint density at radius 3 is 2.29 bits per heavy atom. The number of benzene rings is 1. The molecule has 0 amide bonds. The highest BCUT2D eigenvalue weighted by molar-refractivity contribution is 14.1. The quantitative estimate of drug-likeness (QED) is 0.285. The molecule has 6 heteroatoms. The number of aliphatic hydroxyl groups excluding tert-OH is 1. The van der Waals surface area contributed by atoms with Gasteiger partial charge >= 0.3 is 0 Å². The van der Waals surface area contributed by atoms with Crippen LogP contribution in [0, 0.1) is 20.3 Å². The molecule has 3 rings (SSSR count). The standard InChI is InChI=1S/C28H39IN2O2Si/c1-17(2)25-23(26(32)19-12-10-18(16-30)11-13-19)24(29)22-20(31-25)14-28(6,7)15-21(22)33-34(8,9)27(3,4)5/h10-13,17,21,26,32H,14-15H2,1-9H3/t21-,26?/m1/s1. The van der Waals surface area contributed by atoms with E-state index in [1.807, 2.05) is 12.1 Å². The molecule has 1 unspecified atom stereocenters. The Hall–Kier alpha value is -1.27. The van der Waals surface area contributed by atoms with E-state index in [-0.39, 0.29) is 22.5 Å². The van der Waals surface area contributed by atoms with Gasteiger partial charge in [0, 0.05) is 20.4 Å². The van der Waals surface area contributed by atoms with Crippen molar-refractivity contribution in [2.75, 3.05) is 0 Å². The number of hydrogen-bond donors (Lipinski definition) is 1. The van der Waals surface area contributed by atoms with Gasteiger partial charge in [-0.2, -0.15) is 5.26 Å². The van der Waals surface area contributed by atoms with Crippen molar-refractivity contribution < 1.29 is 9.53 Å². The first-order valence-electron chi connectivity index (χ1n) is 12.2. The van der Waals surface area contributed by atoms with Gasteiger partial charge in [0.25, 0.3) is 0 Å². The third-order valence-electron chi connectivity index (χ3n) is 7.44. The van der Waals surface area contributed by atoms with E-state index in [9.17, 15) is 5.11 Å². The Balaban J connectivity index is 2.20. The normalized spacial score (nSPS) is 19.0. The number of rotatable bonds is 5. The number of nitriles is 1. The van der Waals surface area contributed by atoms with Crippen LogP contribution in [0.5, 0.6) is 0 Å². The molecule has 184 valence electrons. The predicted molar refractivity (Wildman–Crippen MR) is 149 cm³/mol. The molecule has 34 heavy (non-hydrogen) atoms. The molecule has 4 nitrogen and oxygen atoms in total. The van der Waals surface area contributed by atoms with Crippen molar-refractivity contribution in [2.45, 2.75) is 97.6 Å². The summed E-state index contributed by atoms with van der Waals surface area (Å²) in [7, 11) is -2.02. The molecule has 1 aliphatic rings. The van der Waals surface area contributed by atoms with Crippen molar-refractivity contribution >= 4 is 30.9 Å². The Morgan fingerprint density at radius 1 is 1.21 bits per heavy atom. The first-order valence-corrected chi connectivity index (χ1v) is 16.1. The molecule has 1 heterocycles. The maximum Gasteiger partial charge on any atom is 0.192 e. The van der Waals surface area contributed by atoms with E-state index >= 15 is 0 Å². The van der Waals surface area contributed by atoms with Crippen LogP contribution in [-0.4, -0.2) is 18.4 Å². The molecule has 1 aromatic carbocycles. The largest absolute Gasteiger partial charge is 0.410 e. The van der Waals surface area contributed by atoms with Gasteiger partial charge in [0.05, 0.1) is 23.4 Å². The molecule has 0 bridgehead atoms. The van der Waals surface area contributed by atoms with Gasteiger partial charge in [-0.3, -0.25) is 4.98 Å². The number of fused-ring (bicyclic) bond motifs is 1. The number of nitrogens with zero attached hydrogens (tertiary/aromatic N) is 2. The van der Waals surface area contributed by atoms with Gasteiger partial charge in [0.1, 0.15) is 6.10 Å². The topological polar surface area (TPSA) is 66.1 Å². The van der Waals surface area contributed by atoms with Gasteiger partial charge in [-0.25, -0.2) is 0 Å². The summed E-state index contributed by atoms with van der Waals surface area (Å²) in [5.41, 5.74) is 5.56. The zero-order valence-electron chi connectivity index (χ0n) is 22.1. The second-order valence-electron chi connectivity index (χ2n) is 12.3. The Labute approximate surface area is 220 Å². The molecule has 1 N–H and O–H groups in total. The minimum Gasteiger partial charge on any atom is -0.410 e. The van der Waals surface area contributed by atoms with E-state index in [0.29, 0.717) is 5.56 Å². The molecule has 2 aromatic rings. The van der Waals surface area contributed by atoms with Crippen LogP contribution in [-0.2, 0) is 10.8 Å². The van der Waals surface area contributed by atoms with E-state index in [4.69, 9.17) is 14.7 Å². The maximum absolute atomic E-state index is 11.6. The van der Waals surface area contributed by atoms with Gasteiger partial charge in [-0.15, -0.1) is 0 Å². The van der Waals surface area contributed by atoms with Gasteiger partial charge < -0.3 is 9.53 Å². The summed E-state index contributed by atoms with van der Waals surface area (Å²) in [5.74, 6) is 0.173. The second-order valence-corrected chi connectivity index (χ2v) is 18.1. The minimum absolute atomic E-state index is 0.0350. The average molecular weight is 591 g/mol. The van der Waals surface area contributed by atoms with E-state index in [1.165, 1.54) is 0 Å². The van der Waals surface area contributed by atoms with Crippen molar-refractivity contribution in [3.63, 3.8) is 0 Å². The molecular formula is C28H39IN2O2Si. The molecule has 1 aliphatic carbocycles. The number of aliphatic hydroxyl groups is 1. The van der Waals surface area contributed by atoms with Crippen molar-refractivity contribution in [2.24, 2.45) is 5.41 Å². The summed E-state index contributed by atoms with van der Waals surface area (Å²) in [6, 6.07) is 9.36. The fourth-order valence-electron chi connectivity index (χ4n) is 4.48. The molecule has 0 fully saturated rings. The Kier molecular flexibility index (Phi) is 7.75. The lowest BCUT2D eigenvalue weighted by Crippen LogP contribution is -2.44. The van der Waals surface area contributed by atoms with Crippen molar-refractivity contribution in [1.82, 2.24) is 4.98 Å². The van der Waals surface area contributed by atoms with E-state index in [0.717, 1.165) is 44.5 Å². The Morgan fingerprint density at radius 2 is 1.79 bits per heavy atom. The van der Waals surface area contributed by atoms with Gasteiger partial charge in [0.15, 0.2) is 8.32 Å². The summed E-state index contributed by atoms with van der Waals surface area (Å²) < 4.78 is 8.11.